The topological polar surface area (TPSA) is 65.1 Å². The summed E-state index contributed by atoms with van der Waals surface area (Å²) in [6, 6.07) is 20.8. The Kier molecular flexibility index (Phi) is 10.0. The van der Waals surface area contributed by atoms with Gasteiger partial charge in [-0.05, 0) is 62.4 Å². The molecule has 3 atom stereocenters. The number of carbonyl (C=O) groups excluding carboxylic acids is 2. The summed E-state index contributed by atoms with van der Waals surface area (Å²) in [6.45, 7) is 16.8. The zero-order valence-corrected chi connectivity index (χ0v) is 26.0. The number of esters is 1. The first-order chi connectivity index (χ1) is 18.3. The minimum Gasteiger partial charge on any atom is -0.466 e. The molecule has 0 aromatic heterocycles. The number of nitrogens with zero attached hydrogens (tertiary/aromatic N) is 1. The van der Waals surface area contributed by atoms with E-state index in [1.54, 1.807) is 0 Å². The molecule has 0 aliphatic carbocycles. The third-order valence-corrected chi connectivity index (χ3v) is 12.5. The van der Waals surface area contributed by atoms with Gasteiger partial charge >= 0.3 is 12.1 Å². The summed E-state index contributed by atoms with van der Waals surface area (Å²) in [4.78, 5) is 27.8. The molecule has 0 spiro atoms. The van der Waals surface area contributed by atoms with Crippen LogP contribution in [0.5, 0.6) is 0 Å². The van der Waals surface area contributed by atoms with Gasteiger partial charge in [-0.3, -0.25) is 9.69 Å². The standard InChI is InChI=1S/C32H47NO5Si/c1-9-36-29(34)24(2)22-25-20-21-26(33(25)30(35)38-31(3,4)5)23-37-39(32(6,7)8,27-16-12-10-13-17-27)28-18-14-11-15-19-28/h10-19,24-26H,9,20-23H2,1-8H3/t24?,25-,26-/m0/s1. The Balaban J connectivity index is 1.96. The lowest BCUT2D eigenvalue weighted by Gasteiger charge is -2.44. The number of likely N-dealkylation sites (tertiary alicyclic amines) is 1. The molecular weight excluding hydrogens is 506 g/mol. The second-order valence-electron chi connectivity index (χ2n) is 12.6. The summed E-state index contributed by atoms with van der Waals surface area (Å²) in [5.41, 5.74) is -0.625. The molecule has 1 fully saturated rings. The molecule has 2 aromatic rings. The van der Waals surface area contributed by atoms with Crippen molar-refractivity contribution in [1.29, 1.82) is 0 Å². The highest BCUT2D eigenvalue weighted by Gasteiger charge is 2.51. The second-order valence-corrected chi connectivity index (χ2v) is 16.9. The Morgan fingerprint density at radius 1 is 0.897 bits per heavy atom. The van der Waals surface area contributed by atoms with Gasteiger partial charge in [0, 0.05) is 6.04 Å². The molecule has 6 nitrogen and oxygen atoms in total. The summed E-state index contributed by atoms with van der Waals surface area (Å²) in [7, 11) is -2.76. The summed E-state index contributed by atoms with van der Waals surface area (Å²) < 4.78 is 18.3. The molecule has 0 saturated carbocycles. The maximum atomic E-state index is 13.6. The number of rotatable bonds is 9. The van der Waals surface area contributed by atoms with Gasteiger partial charge in [-0.25, -0.2) is 4.79 Å². The fraction of sp³-hybridized carbons (Fsp3) is 0.562. The highest BCUT2D eigenvalue weighted by Crippen LogP contribution is 2.38. The summed E-state index contributed by atoms with van der Waals surface area (Å²) in [5.74, 6) is -0.537. The molecule has 1 aliphatic heterocycles. The monoisotopic (exact) mass is 553 g/mol. The quantitative estimate of drug-likeness (QED) is 0.285. The highest BCUT2D eigenvalue weighted by molar-refractivity contribution is 6.99. The molecule has 214 valence electrons. The van der Waals surface area contributed by atoms with Gasteiger partial charge in [-0.2, -0.15) is 0 Å². The third kappa shape index (κ3) is 7.31. The van der Waals surface area contributed by atoms with E-state index >= 15 is 0 Å². The average Bonchev–Trinajstić information content (AvgIpc) is 3.26. The number of carbonyl (C=O) groups is 2. The Labute approximate surface area is 236 Å². The van der Waals surface area contributed by atoms with Gasteiger partial charge in [0.05, 0.1) is 25.2 Å². The van der Waals surface area contributed by atoms with Crippen LogP contribution in [0.3, 0.4) is 0 Å². The van der Waals surface area contributed by atoms with Crippen LogP contribution in [0.1, 0.15) is 74.7 Å². The molecule has 1 amide bonds. The van der Waals surface area contributed by atoms with Crippen molar-refractivity contribution in [1.82, 2.24) is 4.90 Å². The zero-order chi connectivity index (χ0) is 28.8. The lowest BCUT2D eigenvalue weighted by Crippen LogP contribution is -2.67. The minimum atomic E-state index is -2.76. The Morgan fingerprint density at radius 3 is 1.87 bits per heavy atom. The van der Waals surface area contributed by atoms with E-state index in [1.807, 2.05) is 51.7 Å². The van der Waals surface area contributed by atoms with Crippen molar-refractivity contribution in [2.24, 2.45) is 5.92 Å². The first-order valence-electron chi connectivity index (χ1n) is 14.2. The smallest absolute Gasteiger partial charge is 0.410 e. The van der Waals surface area contributed by atoms with Crippen molar-refractivity contribution in [3.8, 4) is 0 Å². The summed E-state index contributed by atoms with van der Waals surface area (Å²) in [6.07, 6.45) is 1.76. The number of amides is 1. The molecule has 1 unspecified atom stereocenters. The molecule has 3 rings (SSSR count). The van der Waals surface area contributed by atoms with Gasteiger partial charge in [0.2, 0.25) is 0 Å². The van der Waals surface area contributed by atoms with Gasteiger partial charge in [0.25, 0.3) is 8.32 Å². The minimum absolute atomic E-state index is 0.119. The first kappa shape index (κ1) is 30.9. The molecule has 39 heavy (non-hydrogen) atoms. The third-order valence-electron chi connectivity index (χ3n) is 7.45. The van der Waals surface area contributed by atoms with Crippen LogP contribution in [-0.4, -0.2) is 56.2 Å². The number of hydrogen-bond donors (Lipinski definition) is 0. The predicted octanol–water partition coefficient (Wildman–Crippen LogP) is 5.92. The molecule has 0 radical (unpaired) electrons. The van der Waals surface area contributed by atoms with Crippen LogP contribution in [0.4, 0.5) is 4.79 Å². The van der Waals surface area contributed by atoms with Crippen molar-refractivity contribution in [3.63, 3.8) is 0 Å². The Morgan fingerprint density at radius 2 is 1.41 bits per heavy atom. The van der Waals surface area contributed by atoms with E-state index in [-0.39, 0.29) is 35.1 Å². The van der Waals surface area contributed by atoms with Gasteiger partial charge in [0.15, 0.2) is 0 Å². The molecular formula is C32H47NO5Si. The maximum Gasteiger partial charge on any atom is 0.410 e. The van der Waals surface area contributed by atoms with E-state index in [4.69, 9.17) is 13.9 Å². The van der Waals surface area contributed by atoms with E-state index < -0.39 is 13.9 Å². The molecule has 1 heterocycles. The zero-order valence-electron chi connectivity index (χ0n) is 25.0. The maximum absolute atomic E-state index is 13.6. The fourth-order valence-electron chi connectivity index (χ4n) is 5.74. The van der Waals surface area contributed by atoms with Gasteiger partial charge < -0.3 is 13.9 Å². The molecule has 1 saturated heterocycles. The highest BCUT2D eigenvalue weighted by atomic mass is 28.4. The predicted molar refractivity (Wildman–Crippen MR) is 159 cm³/mol. The molecule has 0 N–H and O–H groups in total. The Hall–Kier alpha value is -2.64. The van der Waals surface area contributed by atoms with Crippen LogP contribution < -0.4 is 10.4 Å². The van der Waals surface area contributed by atoms with E-state index in [9.17, 15) is 9.59 Å². The van der Waals surface area contributed by atoms with Crippen molar-refractivity contribution in [3.05, 3.63) is 60.7 Å². The molecule has 7 heteroatoms. The van der Waals surface area contributed by atoms with Crippen molar-refractivity contribution in [2.45, 2.75) is 97.4 Å². The number of hydrogen-bond acceptors (Lipinski definition) is 5. The molecule has 1 aliphatic rings. The summed E-state index contributed by atoms with van der Waals surface area (Å²) in [5, 5.41) is 2.25. The first-order valence-corrected chi connectivity index (χ1v) is 16.1. The van der Waals surface area contributed by atoms with Gasteiger partial charge in [-0.1, -0.05) is 88.4 Å². The largest absolute Gasteiger partial charge is 0.466 e. The van der Waals surface area contributed by atoms with Crippen LogP contribution >= 0.6 is 0 Å². The molecule has 0 bridgehead atoms. The second kappa shape index (κ2) is 12.7. The van der Waals surface area contributed by atoms with Crippen LogP contribution in [0.25, 0.3) is 0 Å². The van der Waals surface area contributed by atoms with Gasteiger partial charge in [-0.15, -0.1) is 0 Å². The summed E-state index contributed by atoms with van der Waals surface area (Å²) >= 11 is 0. The number of benzene rings is 2. The van der Waals surface area contributed by atoms with E-state index in [2.05, 4.69) is 69.3 Å². The van der Waals surface area contributed by atoms with Crippen molar-refractivity contribution >= 4 is 30.8 Å². The van der Waals surface area contributed by atoms with E-state index in [0.717, 1.165) is 12.8 Å². The van der Waals surface area contributed by atoms with Crippen LogP contribution in [0.2, 0.25) is 5.04 Å². The number of ether oxygens (including phenoxy) is 2. The lowest BCUT2D eigenvalue weighted by molar-refractivity contribution is -0.148. The lowest BCUT2D eigenvalue weighted by atomic mass is 10.0. The van der Waals surface area contributed by atoms with Crippen LogP contribution in [-0.2, 0) is 18.7 Å². The van der Waals surface area contributed by atoms with Crippen LogP contribution in [0, 0.1) is 5.92 Å². The van der Waals surface area contributed by atoms with Crippen molar-refractivity contribution < 1.29 is 23.5 Å². The fourth-order valence-corrected chi connectivity index (χ4v) is 10.3. The SMILES string of the molecule is CCOC(=O)C(C)C[C@@H]1CC[C@@H](CO[Si](c2ccccc2)(c2ccccc2)C(C)(C)C)N1C(=O)OC(C)(C)C. The average molecular weight is 554 g/mol. The van der Waals surface area contributed by atoms with E-state index in [0.29, 0.717) is 19.6 Å². The van der Waals surface area contributed by atoms with Gasteiger partial charge in [0.1, 0.15) is 5.60 Å². The molecule has 2 aromatic carbocycles. The van der Waals surface area contributed by atoms with Crippen molar-refractivity contribution in [2.75, 3.05) is 13.2 Å². The Bertz CT molecular complexity index is 1040. The van der Waals surface area contributed by atoms with Crippen LogP contribution in [0.15, 0.2) is 60.7 Å². The normalized spacial score (nSPS) is 19.0. The van der Waals surface area contributed by atoms with E-state index in [1.165, 1.54) is 10.4 Å².